The lowest BCUT2D eigenvalue weighted by Gasteiger charge is -2.31. The van der Waals surface area contributed by atoms with Gasteiger partial charge in [0.25, 0.3) is 0 Å². The van der Waals surface area contributed by atoms with E-state index < -0.39 is 11.7 Å². The van der Waals surface area contributed by atoms with Crippen molar-refractivity contribution >= 4 is 23.4 Å². The molecule has 2 aromatic rings. The molecular formula is C16H16FN3O2S. The minimum atomic E-state index is -0.683. The third-order valence-electron chi connectivity index (χ3n) is 3.38. The lowest BCUT2D eigenvalue weighted by atomic mass is 10.2. The second-order valence-electron chi connectivity index (χ2n) is 5.82. The molecule has 0 spiro atoms. The summed E-state index contributed by atoms with van der Waals surface area (Å²) in [5.41, 5.74) is 5.98. The van der Waals surface area contributed by atoms with E-state index in [1.165, 1.54) is 12.1 Å². The summed E-state index contributed by atoms with van der Waals surface area (Å²) < 4.78 is 19.8. The van der Waals surface area contributed by atoms with E-state index in [1.807, 2.05) is 0 Å². The van der Waals surface area contributed by atoms with E-state index in [2.05, 4.69) is 24.1 Å². The Morgan fingerprint density at radius 3 is 2.87 bits per heavy atom. The minimum Gasteiger partial charge on any atom is -0.452 e. The number of benzene rings is 1. The number of primary amides is 1. The number of thioether (sulfide) groups is 1. The Kier molecular flexibility index (Phi) is 3.89. The van der Waals surface area contributed by atoms with E-state index in [-0.39, 0.29) is 16.1 Å². The Bertz CT molecular complexity index is 780. The molecule has 1 aromatic heterocycles. The molecule has 1 amide bonds. The van der Waals surface area contributed by atoms with E-state index in [9.17, 15) is 9.18 Å². The smallest absolute Gasteiger partial charge is 0.248 e. The quantitative estimate of drug-likeness (QED) is 0.900. The van der Waals surface area contributed by atoms with Crippen molar-refractivity contribution in [1.29, 1.82) is 0 Å². The van der Waals surface area contributed by atoms with Gasteiger partial charge in [0.15, 0.2) is 17.3 Å². The van der Waals surface area contributed by atoms with Crippen LogP contribution in [0.25, 0.3) is 0 Å². The van der Waals surface area contributed by atoms with Gasteiger partial charge in [-0.05, 0) is 32.0 Å². The number of carbonyl (C=O) groups excluding carboxylic acids is 1. The highest BCUT2D eigenvalue weighted by Gasteiger charge is 2.29. The maximum atomic E-state index is 14.1. The van der Waals surface area contributed by atoms with Gasteiger partial charge in [0.1, 0.15) is 10.7 Å². The Labute approximate surface area is 137 Å². The second kappa shape index (κ2) is 5.73. The highest BCUT2D eigenvalue weighted by Crippen LogP contribution is 2.45. The molecule has 0 saturated heterocycles. The van der Waals surface area contributed by atoms with Crippen molar-refractivity contribution < 1.29 is 13.9 Å². The average molecular weight is 333 g/mol. The van der Waals surface area contributed by atoms with Crippen LogP contribution in [0.4, 0.5) is 10.1 Å². The monoisotopic (exact) mass is 333 g/mol. The summed E-state index contributed by atoms with van der Waals surface area (Å²) >= 11 is 1.64. The van der Waals surface area contributed by atoms with E-state index in [1.54, 1.807) is 24.0 Å². The fourth-order valence-corrected chi connectivity index (χ4v) is 3.26. The van der Waals surface area contributed by atoms with E-state index in [0.29, 0.717) is 5.75 Å². The van der Waals surface area contributed by atoms with Crippen molar-refractivity contribution in [1.82, 2.24) is 4.98 Å². The molecule has 23 heavy (non-hydrogen) atoms. The predicted molar refractivity (Wildman–Crippen MR) is 87.7 cm³/mol. The number of anilines is 1. The molecule has 0 aliphatic carbocycles. The van der Waals surface area contributed by atoms with E-state index in [0.717, 1.165) is 23.3 Å². The molecule has 2 heterocycles. The molecule has 0 bridgehead atoms. The molecule has 7 heteroatoms. The van der Waals surface area contributed by atoms with Gasteiger partial charge < -0.3 is 15.8 Å². The van der Waals surface area contributed by atoms with Crippen molar-refractivity contribution in [2.45, 2.75) is 23.6 Å². The van der Waals surface area contributed by atoms with Crippen LogP contribution in [0.15, 0.2) is 35.5 Å². The first-order chi connectivity index (χ1) is 10.9. The third-order valence-corrected chi connectivity index (χ3v) is 4.58. The average Bonchev–Trinajstić information content (AvgIpc) is 2.48. The standard InChI is InChI=1S/C16H16FN3O2S/c1-16(2)8-20-13-12(5-6-19-15(13)23-16)22-11-4-3-9(14(18)21)7-10(11)17/h3-7,20H,8H2,1-2H3,(H2,18,21). The highest BCUT2D eigenvalue weighted by atomic mass is 32.2. The number of ether oxygens (including phenoxy) is 1. The number of nitrogens with one attached hydrogen (secondary N) is 1. The van der Waals surface area contributed by atoms with Crippen molar-refractivity contribution in [3.8, 4) is 11.5 Å². The zero-order valence-corrected chi connectivity index (χ0v) is 13.5. The summed E-state index contributed by atoms with van der Waals surface area (Å²) in [6.07, 6.45) is 1.62. The summed E-state index contributed by atoms with van der Waals surface area (Å²) in [5.74, 6) is -0.809. The summed E-state index contributed by atoms with van der Waals surface area (Å²) in [6, 6.07) is 5.56. The number of hydrogen-bond acceptors (Lipinski definition) is 5. The van der Waals surface area contributed by atoms with Gasteiger partial charge in [-0.15, -0.1) is 0 Å². The molecule has 120 valence electrons. The zero-order chi connectivity index (χ0) is 16.6. The Balaban J connectivity index is 1.91. The number of rotatable bonds is 3. The van der Waals surface area contributed by atoms with Crippen molar-refractivity contribution in [3.63, 3.8) is 0 Å². The first-order valence-electron chi connectivity index (χ1n) is 7.05. The summed E-state index contributed by atoms with van der Waals surface area (Å²) in [6.45, 7) is 4.98. The summed E-state index contributed by atoms with van der Waals surface area (Å²) in [4.78, 5) is 15.4. The Hall–Kier alpha value is -2.28. The molecule has 0 atom stereocenters. The first kappa shape index (κ1) is 15.6. The Morgan fingerprint density at radius 2 is 2.17 bits per heavy atom. The SMILES string of the molecule is CC1(C)CNc2c(Oc3ccc(C(N)=O)cc3F)ccnc2S1. The van der Waals surface area contributed by atoms with Gasteiger partial charge in [-0.1, -0.05) is 11.8 Å². The molecule has 1 aliphatic heterocycles. The number of aromatic nitrogens is 1. The van der Waals surface area contributed by atoms with Crippen LogP contribution < -0.4 is 15.8 Å². The highest BCUT2D eigenvalue weighted by molar-refractivity contribution is 8.00. The maximum absolute atomic E-state index is 14.1. The van der Waals surface area contributed by atoms with Gasteiger partial charge in [0.05, 0.1) is 0 Å². The number of amides is 1. The topological polar surface area (TPSA) is 77.2 Å². The predicted octanol–water partition coefficient (Wildman–Crippen LogP) is 3.41. The second-order valence-corrected chi connectivity index (χ2v) is 7.51. The normalized spacial score (nSPS) is 15.4. The van der Waals surface area contributed by atoms with Crippen LogP contribution in [0.2, 0.25) is 0 Å². The number of nitrogens with zero attached hydrogens (tertiary/aromatic N) is 1. The number of halogens is 1. The fourth-order valence-electron chi connectivity index (χ4n) is 2.21. The van der Waals surface area contributed by atoms with Crippen LogP contribution >= 0.6 is 11.8 Å². The largest absolute Gasteiger partial charge is 0.452 e. The van der Waals surface area contributed by atoms with Gasteiger partial charge in [-0.25, -0.2) is 9.37 Å². The summed E-state index contributed by atoms with van der Waals surface area (Å²) in [7, 11) is 0. The van der Waals surface area contributed by atoms with E-state index >= 15 is 0 Å². The molecule has 0 saturated carbocycles. The van der Waals surface area contributed by atoms with Crippen molar-refractivity contribution in [2.75, 3.05) is 11.9 Å². The molecule has 5 nitrogen and oxygen atoms in total. The van der Waals surface area contributed by atoms with Crippen LogP contribution in [-0.4, -0.2) is 22.2 Å². The van der Waals surface area contributed by atoms with Crippen LogP contribution in [0.5, 0.6) is 11.5 Å². The molecule has 0 radical (unpaired) electrons. The summed E-state index contributed by atoms with van der Waals surface area (Å²) in [5, 5.41) is 4.10. The molecule has 0 fully saturated rings. The van der Waals surface area contributed by atoms with Crippen LogP contribution in [0.1, 0.15) is 24.2 Å². The number of hydrogen-bond donors (Lipinski definition) is 2. The maximum Gasteiger partial charge on any atom is 0.248 e. The van der Waals surface area contributed by atoms with Gasteiger partial charge >= 0.3 is 0 Å². The van der Waals surface area contributed by atoms with Crippen LogP contribution in [-0.2, 0) is 0 Å². The number of carbonyl (C=O) groups is 1. The lowest BCUT2D eigenvalue weighted by molar-refractivity contribution is 0.1000. The van der Waals surface area contributed by atoms with Crippen LogP contribution in [0, 0.1) is 5.82 Å². The van der Waals surface area contributed by atoms with Gasteiger partial charge in [-0.3, -0.25) is 4.79 Å². The third kappa shape index (κ3) is 3.24. The van der Waals surface area contributed by atoms with Crippen LogP contribution in [0.3, 0.4) is 0 Å². The molecule has 3 N–H and O–H groups in total. The van der Waals surface area contributed by atoms with Crippen molar-refractivity contribution in [2.24, 2.45) is 5.73 Å². The van der Waals surface area contributed by atoms with Gasteiger partial charge in [0, 0.05) is 29.1 Å². The molecule has 0 unspecified atom stereocenters. The first-order valence-corrected chi connectivity index (χ1v) is 7.86. The molecule has 1 aliphatic rings. The van der Waals surface area contributed by atoms with Gasteiger partial charge in [0.2, 0.25) is 5.91 Å². The lowest BCUT2D eigenvalue weighted by Crippen LogP contribution is -2.30. The zero-order valence-electron chi connectivity index (χ0n) is 12.7. The molecule has 3 rings (SSSR count). The molecule has 1 aromatic carbocycles. The number of nitrogens with two attached hydrogens (primary N) is 1. The molecular weight excluding hydrogens is 317 g/mol. The Morgan fingerprint density at radius 1 is 1.39 bits per heavy atom. The van der Waals surface area contributed by atoms with Gasteiger partial charge in [-0.2, -0.15) is 0 Å². The van der Waals surface area contributed by atoms with E-state index in [4.69, 9.17) is 10.5 Å². The van der Waals surface area contributed by atoms with Crippen molar-refractivity contribution in [3.05, 3.63) is 41.8 Å². The minimum absolute atomic E-state index is 0.0208. The number of fused-ring (bicyclic) bond motifs is 1. The fraction of sp³-hybridized carbons (Fsp3) is 0.250. The number of pyridine rings is 1.